The fraction of sp³-hybridized carbons (Fsp3) is 0.538. The molecule has 1 saturated heterocycles. The molecule has 2 atom stereocenters. The number of hydrogen-bond donors (Lipinski definition) is 1. The van der Waals surface area contributed by atoms with Crippen LogP contribution in [0.15, 0.2) is 18.5 Å². The monoisotopic (exact) mass is 278 g/mol. The lowest BCUT2D eigenvalue weighted by Crippen LogP contribution is -2.38. The lowest BCUT2D eigenvalue weighted by Gasteiger charge is -2.21. The minimum absolute atomic E-state index is 0.0188. The normalized spacial score (nSPS) is 21.8. The maximum absolute atomic E-state index is 12.2. The lowest BCUT2D eigenvalue weighted by molar-refractivity contribution is -0.142. The average Bonchev–Trinajstić information content (AvgIpc) is 2.82. The highest BCUT2D eigenvalue weighted by Gasteiger charge is 2.37. The summed E-state index contributed by atoms with van der Waals surface area (Å²) in [6, 6.07) is 1.71. The zero-order valence-corrected chi connectivity index (χ0v) is 11.6. The second-order valence-electron chi connectivity index (χ2n) is 5.13. The van der Waals surface area contributed by atoms with Crippen LogP contribution in [0.5, 0.6) is 0 Å². The fourth-order valence-corrected chi connectivity index (χ4v) is 2.35. The average molecular weight is 278 g/mol. The van der Waals surface area contributed by atoms with Gasteiger partial charge in [-0.05, 0) is 12.0 Å². The Morgan fingerprint density at radius 2 is 2.05 bits per heavy atom. The van der Waals surface area contributed by atoms with Gasteiger partial charge in [-0.1, -0.05) is 6.92 Å². The third-order valence-electron chi connectivity index (χ3n) is 3.55. The topological polar surface area (TPSA) is 86.6 Å². The van der Waals surface area contributed by atoms with Gasteiger partial charge in [0, 0.05) is 32.5 Å². The second kappa shape index (κ2) is 5.85. The SMILES string of the molecule is CC1CN(C(=O)CN(C)c2ncccn2)CC1C(=O)O. The van der Waals surface area contributed by atoms with E-state index in [1.807, 2.05) is 6.92 Å². The van der Waals surface area contributed by atoms with Crippen molar-refractivity contribution in [3.8, 4) is 0 Å². The van der Waals surface area contributed by atoms with E-state index >= 15 is 0 Å². The number of carbonyl (C=O) groups is 2. The van der Waals surface area contributed by atoms with Gasteiger partial charge in [0.2, 0.25) is 11.9 Å². The second-order valence-corrected chi connectivity index (χ2v) is 5.13. The van der Waals surface area contributed by atoms with Crippen molar-refractivity contribution in [1.29, 1.82) is 0 Å². The molecule has 2 heterocycles. The number of carboxylic acids is 1. The minimum atomic E-state index is -0.840. The number of likely N-dealkylation sites (N-methyl/N-ethyl adjacent to an activating group) is 1. The summed E-state index contributed by atoms with van der Waals surface area (Å²) in [7, 11) is 1.74. The molecule has 1 N–H and O–H groups in total. The summed E-state index contributed by atoms with van der Waals surface area (Å²) < 4.78 is 0. The highest BCUT2D eigenvalue weighted by Crippen LogP contribution is 2.23. The molecule has 0 saturated carbocycles. The standard InChI is InChI=1S/C13H18N4O3/c1-9-6-17(7-10(9)12(19)20)11(18)8-16(2)13-14-4-3-5-15-13/h3-5,9-10H,6-8H2,1-2H3,(H,19,20). The van der Waals surface area contributed by atoms with E-state index in [4.69, 9.17) is 5.11 Å². The van der Waals surface area contributed by atoms with Crippen molar-refractivity contribution in [3.63, 3.8) is 0 Å². The van der Waals surface area contributed by atoms with Crippen molar-refractivity contribution in [2.75, 3.05) is 31.6 Å². The number of carbonyl (C=O) groups excluding carboxylic acids is 1. The van der Waals surface area contributed by atoms with Gasteiger partial charge < -0.3 is 14.9 Å². The molecule has 2 rings (SSSR count). The van der Waals surface area contributed by atoms with Gasteiger partial charge >= 0.3 is 5.97 Å². The van der Waals surface area contributed by atoms with Crippen LogP contribution < -0.4 is 4.90 Å². The first-order valence-electron chi connectivity index (χ1n) is 6.47. The molecule has 1 fully saturated rings. The van der Waals surface area contributed by atoms with Crippen LogP contribution in [0.4, 0.5) is 5.95 Å². The van der Waals surface area contributed by atoms with Crippen LogP contribution in [0.25, 0.3) is 0 Å². The molecule has 7 nitrogen and oxygen atoms in total. The molecular weight excluding hydrogens is 260 g/mol. The fourth-order valence-electron chi connectivity index (χ4n) is 2.35. The summed E-state index contributed by atoms with van der Waals surface area (Å²) in [5.74, 6) is -0.960. The van der Waals surface area contributed by atoms with Gasteiger partial charge in [0.25, 0.3) is 0 Å². The predicted molar refractivity (Wildman–Crippen MR) is 72.2 cm³/mol. The van der Waals surface area contributed by atoms with Gasteiger partial charge in [0.05, 0.1) is 12.5 Å². The van der Waals surface area contributed by atoms with E-state index in [0.717, 1.165) is 0 Å². The Balaban J connectivity index is 1.95. The van der Waals surface area contributed by atoms with E-state index in [1.165, 1.54) is 0 Å². The summed E-state index contributed by atoms with van der Waals surface area (Å²) in [5, 5.41) is 9.07. The Labute approximate surface area is 117 Å². The quantitative estimate of drug-likeness (QED) is 0.840. The molecule has 0 spiro atoms. The summed E-state index contributed by atoms with van der Waals surface area (Å²) in [4.78, 5) is 34.6. The van der Waals surface area contributed by atoms with Crippen LogP contribution in [-0.2, 0) is 9.59 Å². The summed E-state index contributed by atoms with van der Waals surface area (Å²) in [6.07, 6.45) is 3.23. The lowest BCUT2D eigenvalue weighted by atomic mass is 9.99. The van der Waals surface area contributed by atoms with Gasteiger partial charge in [-0.25, -0.2) is 9.97 Å². The predicted octanol–water partition coefficient (Wildman–Crippen LogP) is 0.0919. The Kier molecular flexibility index (Phi) is 4.16. The van der Waals surface area contributed by atoms with Gasteiger partial charge in [-0.15, -0.1) is 0 Å². The number of likely N-dealkylation sites (tertiary alicyclic amines) is 1. The van der Waals surface area contributed by atoms with Crippen LogP contribution in [0.2, 0.25) is 0 Å². The smallest absolute Gasteiger partial charge is 0.308 e. The molecule has 1 aliphatic rings. The van der Waals surface area contributed by atoms with Crippen molar-refractivity contribution in [2.45, 2.75) is 6.92 Å². The first kappa shape index (κ1) is 14.2. The number of anilines is 1. The molecule has 1 amide bonds. The molecule has 1 aromatic rings. The van der Waals surface area contributed by atoms with E-state index < -0.39 is 11.9 Å². The molecule has 108 valence electrons. The highest BCUT2D eigenvalue weighted by molar-refractivity contribution is 5.82. The van der Waals surface area contributed by atoms with Crippen LogP contribution in [0.1, 0.15) is 6.92 Å². The van der Waals surface area contributed by atoms with Crippen LogP contribution in [0, 0.1) is 11.8 Å². The molecule has 20 heavy (non-hydrogen) atoms. The minimum Gasteiger partial charge on any atom is -0.481 e. The Bertz CT molecular complexity index is 494. The van der Waals surface area contributed by atoms with E-state index in [9.17, 15) is 9.59 Å². The summed E-state index contributed by atoms with van der Waals surface area (Å²) in [6.45, 7) is 2.76. The maximum atomic E-state index is 12.2. The van der Waals surface area contributed by atoms with Gasteiger partial charge in [0.1, 0.15) is 0 Å². The number of hydrogen-bond acceptors (Lipinski definition) is 5. The zero-order valence-electron chi connectivity index (χ0n) is 11.6. The molecule has 0 radical (unpaired) electrons. The highest BCUT2D eigenvalue weighted by atomic mass is 16.4. The number of rotatable bonds is 4. The number of carboxylic acid groups (broad SMARTS) is 1. The van der Waals surface area contributed by atoms with E-state index in [-0.39, 0.29) is 24.9 Å². The molecular formula is C13H18N4O3. The Morgan fingerprint density at radius 3 is 2.60 bits per heavy atom. The third kappa shape index (κ3) is 3.04. The van der Waals surface area contributed by atoms with Crippen molar-refractivity contribution in [1.82, 2.24) is 14.9 Å². The molecule has 2 unspecified atom stereocenters. The van der Waals surface area contributed by atoms with Gasteiger partial charge in [-0.2, -0.15) is 0 Å². The van der Waals surface area contributed by atoms with Gasteiger partial charge in [0.15, 0.2) is 0 Å². The first-order valence-corrected chi connectivity index (χ1v) is 6.47. The maximum Gasteiger partial charge on any atom is 0.308 e. The first-order chi connectivity index (χ1) is 9.49. The van der Waals surface area contributed by atoms with Crippen molar-refractivity contribution < 1.29 is 14.7 Å². The summed E-state index contributed by atoms with van der Waals surface area (Å²) in [5.41, 5.74) is 0. The van der Waals surface area contributed by atoms with E-state index in [1.54, 1.807) is 35.3 Å². The van der Waals surface area contributed by atoms with Crippen molar-refractivity contribution >= 4 is 17.8 Å². The van der Waals surface area contributed by atoms with Crippen LogP contribution in [0.3, 0.4) is 0 Å². The van der Waals surface area contributed by atoms with E-state index in [2.05, 4.69) is 9.97 Å². The van der Waals surface area contributed by atoms with Crippen LogP contribution in [-0.4, -0.2) is 58.5 Å². The molecule has 1 aromatic heterocycles. The number of amides is 1. The third-order valence-corrected chi connectivity index (χ3v) is 3.55. The number of aliphatic carboxylic acids is 1. The Morgan fingerprint density at radius 1 is 1.40 bits per heavy atom. The van der Waals surface area contributed by atoms with Crippen LogP contribution >= 0.6 is 0 Å². The van der Waals surface area contributed by atoms with Crippen molar-refractivity contribution in [2.24, 2.45) is 11.8 Å². The molecule has 0 aliphatic carbocycles. The molecule has 0 aromatic carbocycles. The van der Waals surface area contributed by atoms with Gasteiger partial charge in [-0.3, -0.25) is 9.59 Å². The van der Waals surface area contributed by atoms with Crippen molar-refractivity contribution in [3.05, 3.63) is 18.5 Å². The number of aromatic nitrogens is 2. The Hall–Kier alpha value is -2.18. The summed E-state index contributed by atoms with van der Waals surface area (Å²) >= 11 is 0. The molecule has 0 bridgehead atoms. The number of nitrogens with zero attached hydrogens (tertiary/aromatic N) is 4. The molecule has 7 heteroatoms. The largest absolute Gasteiger partial charge is 0.481 e. The zero-order chi connectivity index (χ0) is 14.7. The molecule has 1 aliphatic heterocycles. The van der Waals surface area contributed by atoms with E-state index in [0.29, 0.717) is 12.5 Å².